The van der Waals surface area contributed by atoms with Gasteiger partial charge < -0.3 is 10.1 Å². The number of nitrogens with one attached hydrogen (secondary N) is 1. The predicted octanol–water partition coefficient (Wildman–Crippen LogP) is 3.27. The summed E-state index contributed by atoms with van der Waals surface area (Å²) >= 11 is 0. The molecule has 1 amide bonds. The average molecular weight is 260 g/mol. The van der Waals surface area contributed by atoms with Crippen LogP contribution in [0.2, 0.25) is 0 Å². The Morgan fingerprint density at radius 1 is 1.42 bits per heavy atom. The third-order valence-corrected chi connectivity index (χ3v) is 3.54. The first kappa shape index (κ1) is 15.0. The summed E-state index contributed by atoms with van der Waals surface area (Å²) in [5.41, 5.74) is 0.672. The van der Waals surface area contributed by atoms with E-state index in [1.807, 2.05) is 26.8 Å². The third kappa shape index (κ3) is 3.05. The first-order valence-electron chi connectivity index (χ1n) is 6.40. The van der Waals surface area contributed by atoms with E-state index in [9.17, 15) is 10.1 Å². The number of aryl methyl sites for hydroxylation is 1. The lowest BCUT2D eigenvalue weighted by Gasteiger charge is -2.22. The van der Waals surface area contributed by atoms with Crippen molar-refractivity contribution in [3.8, 4) is 11.8 Å². The predicted molar refractivity (Wildman–Crippen MR) is 75.0 cm³/mol. The van der Waals surface area contributed by atoms with Crippen molar-refractivity contribution >= 4 is 11.6 Å². The molecule has 1 N–H and O–H groups in total. The first-order chi connectivity index (χ1) is 9.02. The number of carbonyl (C=O) groups is 1. The summed E-state index contributed by atoms with van der Waals surface area (Å²) < 4.78 is 5.12. The van der Waals surface area contributed by atoms with Crippen molar-refractivity contribution in [1.29, 1.82) is 5.26 Å². The molecule has 1 rings (SSSR count). The highest BCUT2D eigenvalue weighted by atomic mass is 16.5. The fourth-order valence-electron chi connectivity index (χ4n) is 1.93. The molecule has 0 heterocycles. The molecule has 102 valence electrons. The van der Waals surface area contributed by atoms with Crippen molar-refractivity contribution in [3.05, 3.63) is 23.8 Å². The number of methoxy groups -OCH3 is 1. The molecule has 0 saturated carbocycles. The molecule has 0 aliphatic heterocycles. The Kier molecular flexibility index (Phi) is 4.94. The van der Waals surface area contributed by atoms with Gasteiger partial charge in [-0.3, -0.25) is 4.79 Å². The Bertz CT molecular complexity index is 499. The molecule has 1 aromatic carbocycles. The number of anilines is 1. The van der Waals surface area contributed by atoms with Crippen molar-refractivity contribution in [2.75, 3.05) is 12.4 Å². The number of carbonyl (C=O) groups excluding carboxylic acids is 1. The Balaban J connectivity index is 2.97. The topological polar surface area (TPSA) is 62.1 Å². The van der Waals surface area contributed by atoms with Crippen LogP contribution in [-0.2, 0) is 4.79 Å². The number of nitrogens with zero attached hydrogens (tertiary/aromatic N) is 1. The molecular formula is C15H20N2O2. The monoisotopic (exact) mass is 260 g/mol. The van der Waals surface area contributed by atoms with E-state index < -0.39 is 5.41 Å². The van der Waals surface area contributed by atoms with E-state index in [1.54, 1.807) is 19.2 Å². The second-order valence-electron chi connectivity index (χ2n) is 4.54. The van der Waals surface area contributed by atoms with Crippen LogP contribution in [0, 0.1) is 23.7 Å². The van der Waals surface area contributed by atoms with Crippen LogP contribution in [0.3, 0.4) is 0 Å². The van der Waals surface area contributed by atoms with E-state index in [0.717, 1.165) is 11.3 Å². The molecule has 4 nitrogen and oxygen atoms in total. The molecule has 0 spiro atoms. The first-order valence-corrected chi connectivity index (χ1v) is 6.40. The number of nitriles is 1. The van der Waals surface area contributed by atoms with Crippen molar-refractivity contribution in [2.24, 2.45) is 5.41 Å². The molecule has 0 aliphatic carbocycles. The van der Waals surface area contributed by atoms with Gasteiger partial charge in [-0.25, -0.2) is 0 Å². The maximum absolute atomic E-state index is 12.3. The van der Waals surface area contributed by atoms with Crippen LogP contribution in [-0.4, -0.2) is 13.0 Å². The van der Waals surface area contributed by atoms with Crippen molar-refractivity contribution in [3.63, 3.8) is 0 Å². The van der Waals surface area contributed by atoms with E-state index in [1.165, 1.54) is 0 Å². The number of rotatable bonds is 5. The number of ether oxygens (including phenoxy) is 1. The van der Waals surface area contributed by atoms with Gasteiger partial charge in [-0.05, 0) is 43.5 Å². The number of hydrogen-bond donors (Lipinski definition) is 1. The molecule has 4 heteroatoms. The van der Waals surface area contributed by atoms with E-state index >= 15 is 0 Å². The molecule has 0 atom stereocenters. The fourth-order valence-corrected chi connectivity index (χ4v) is 1.93. The Labute approximate surface area is 114 Å². The Morgan fingerprint density at radius 3 is 2.47 bits per heavy atom. The summed E-state index contributed by atoms with van der Waals surface area (Å²) in [6, 6.07) is 7.57. The molecule has 0 saturated heterocycles. The minimum atomic E-state index is -0.952. The summed E-state index contributed by atoms with van der Waals surface area (Å²) in [6.07, 6.45) is 1.00. The van der Waals surface area contributed by atoms with Crippen LogP contribution in [0.25, 0.3) is 0 Å². The third-order valence-electron chi connectivity index (χ3n) is 3.54. The van der Waals surface area contributed by atoms with Gasteiger partial charge in [0.15, 0.2) is 0 Å². The summed E-state index contributed by atoms with van der Waals surface area (Å²) in [7, 11) is 1.60. The smallest absolute Gasteiger partial charge is 0.244 e. The zero-order valence-electron chi connectivity index (χ0n) is 11.9. The highest BCUT2D eigenvalue weighted by molar-refractivity contribution is 5.97. The van der Waals surface area contributed by atoms with Gasteiger partial charge in [0.1, 0.15) is 11.2 Å². The summed E-state index contributed by atoms with van der Waals surface area (Å²) in [4.78, 5) is 12.3. The highest BCUT2D eigenvalue weighted by Gasteiger charge is 2.35. The van der Waals surface area contributed by atoms with E-state index in [-0.39, 0.29) is 5.91 Å². The average Bonchev–Trinajstić information content (AvgIpc) is 2.43. The normalized spacial score (nSPS) is 10.7. The zero-order chi connectivity index (χ0) is 14.5. The molecule has 0 fully saturated rings. The lowest BCUT2D eigenvalue weighted by molar-refractivity contribution is -0.123. The van der Waals surface area contributed by atoms with Gasteiger partial charge in [0, 0.05) is 5.69 Å². The molecule has 0 radical (unpaired) electrons. The van der Waals surface area contributed by atoms with Crippen LogP contribution in [0.4, 0.5) is 5.69 Å². The van der Waals surface area contributed by atoms with Gasteiger partial charge in [0.2, 0.25) is 5.91 Å². The second-order valence-corrected chi connectivity index (χ2v) is 4.54. The minimum Gasteiger partial charge on any atom is -0.497 e. The van der Waals surface area contributed by atoms with Crippen LogP contribution >= 0.6 is 0 Å². The van der Waals surface area contributed by atoms with Crippen LogP contribution in [0.1, 0.15) is 32.3 Å². The Morgan fingerprint density at radius 2 is 2.05 bits per heavy atom. The standard InChI is InChI=1S/C15H20N2O2/c1-5-15(6-2,10-16)14(18)17-13-8-7-12(19-4)9-11(13)3/h7-9H,5-6H2,1-4H3,(H,17,18). The largest absolute Gasteiger partial charge is 0.497 e. The quantitative estimate of drug-likeness (QED) is 0.883. The molecular weight excluding hydrogens is 240 g/mol. The maximum atomic E-state index is 12.3. The molecule has 0 aromatic heterocycles. The van der Waals surface area contributed by atoms with Gasteiger partial charge in [-0.2, -0.15) is 5.26 Å². The fraction of sp³-hybridized carbons (Fsp3) is 0.467. The van der Waals surface area contributed by atoms with Crippen LogP contribution < -0.4 is 10.1 Å². The lowest BCUT2D eigenvalue weighted by Crippen LogP contribution is -2.34. The molecule has 0 unspecified atom stereocenters. The lowest BCUT2D eigenvalue weighted by atomic mass is 9.83. The maximum Gasteiger partial charge on any atom is 0.244 e. The molecule has 1 aromatic rings. The number of hydrogen-bond acceptors (Lipinski definition) is 3. The van der Waals surface area contributed by atoms with Gasteiger partial charge in [0.25, 0.3) is 0 Å². The van der Waals surface area contributed by atoms with E-state index in [0.29, 0.717) is 18.5 Å². The molecule has 0 aliphatic rings. The Hall–Kier alpha value is -2.02. The van der Waals surface area contributed by atoms with Crippen molar-refractivity contribution in [1.82, 2.24) is 0 Å². The van der Waals surface area contributed by atoms with Crippen LogP contribution in [0.15, 0.2) is 18.2 Å². The highest BCUT2D eigenvalue weighted by Crippen LogP contribution is 2.29. The number of amides is 1. The number of benzene rings is 1. The van der Waals surface area contributed by atoms with Crippen LogP contribution in [0.5, 0.6) is 5.75 Å². The minimum absolute atomic E-state index is 0.242. The van der Waals surface area contributed by atoms with Gasteiger partial charge >= 0.3 is 0 Å². The van der Waals surface area contributed by atoms with Gasteiger partial charge in [0.05, 0.1) is 13.2 Å². The molecule has 0 bridgehead atoms. The second kappa shape index (κ2) is 6.24. The van der Waals surface area contributed by atoms with Crippen molar-refractivity contribution < 1.29 is 9.53 Å². The van der Waals surface area contributed by atoms with E-state index in [2.05, 4.69) is 11.4 Å². The van der Waals surface area contributed by atoms with Crippen molar-refractivity contribution in [2.45, 2.75) is 33.6 Å². The van der Waals surface area contributed by atoms with E-state index in [4.69, 9.17) is 4.74 Å². The SMILES string of the molecule is CCC(C#N)(CC)C(=O)Nc1ccc(OC)cc1C. The van der Waals surface area contributed by atoms with Gasteiger partial charge in [-0.1, -0.05) is 13.8 Å². The molecule has 19 heavy (non-hydrogen) atoms. The van der Waals surface area contributed by atoms with Gasteiger partial charge in [-0.15, -0.1) is 0 Å². The summed E-state index contributed by atoms with van der Waals surface area (Å²) in [5.74, 6) is 0.501. The summed E-state index contributed by atoms with van der Waals surface area (Å²) in [6.45, 7) is 5.60. The summed E-state index contributed by atoms with van der Waals surface area (Å²) in [5, 5.41) is 12.1. The zero-order valence-corrected chi connectivity index (χ0v) is 11.9.